The van der Waals surface area contributed by atoms with Crippen LogP contribution in [-0.2, 0) is 11.3 Å². The summed E-state index contributed by atoms with van der Waals surface area (Å²) in [6, 6.07) is -0.869. The van der Waals surface area contributed by atoms with Gasteiger partial charge < -0.3 is 15.3 Å². The Bertz CT molecular complexity index is 740. The van der Waals surface area contributed by atoms with Crippen LogP contribution in [0.3, 0.4) is 0 Å². The summed E-state index contributed by atoms with van der Waals surface area (Å²) >= 11 is 0. The van der Waals surface area contributed by atoms with Crippen molar-refractivity contribution < 1.29 is 19.5 Å². The van der Waals surface area contributed by atoms with E-state index in [4.69, 9.17) is 5.11 Å². The van der Waals surface area contributed by atoms with Gasteiger partial charge in [0.25, 0.3) is 0 Å². The zero-order valence-corrected chi connectivity index (χ0v) is 15.9. The molecule has 0 saturated carbocycles. The number of nitrogens with one attached hydrogen (secondary N) is 1. The van der Waals surface area contributed by atoms with Gasteiger partial charge in [-0.3, -0.25) is 9.80 Å². The summed E-state index contributed by atoms with van der Waals surface area (Å²) in [5, 5.41) is 15.0. The SMILES string of the molecule is CC[C@H](C)[C@@H](NC(=O)O)C(=O)N1CCN(N2Cc3cnc(C)n3C2=O)CC1. The molecule has 10 nitrogen and oxygen atoms in total. The third-order valence-corrected chi connectivity index (χ3v) is 5.40. The second kappa shape index (κ2) is 7.55. The molecule has 0 aromatic carbocycles. The molecule has 1 aromatic heterocycles. The van der Waals surface area contributed by atoms with Crippen molar-refractivity contribution in [3.05, 3.63) is 17.7 Å². The molecule has 3 amide bonds. The van der Waals surface area contributed by atoms with Gasteiger partial charge in [-0.15, -0.1) is 0 Å². The topological polar surface area (TPSA) is 111 Å². The van der Waals surface area contributed by atoms with Crippen LogP contribution in [0, 0.1) is 12.8 Å². The molecule has 2 N–H and O–H groups in total. The second-order valence-electron chi connectivity index (χ2n) is 7.06. The van der Waals surface area contributed by atoms with E-state index < -0.39 is 12.1 Å². The first-order valence-electron chi connectivity index (χ1n) is 9.21. The molecule has 0 unspecified atom stereocenters. The van der Waals surface area contributed by atoms with Gasteiger partial charge >= 0.3 is 12.1 Å². The fourth-order valence-corrected chi connectivity index (χ4v) is 3.59. The second-order valence-corrected chi connectivity index (χ2v) is 7.06. The molecule has 2 atom stereocenters. The minimum absolute atomic E-state index is 0.0897. The van der Waals surface area contributed by atoms with Crippen molar-refractivity contribution in [2.24, 2.45) is 5.92 Å². The Hall–Kier alpha value is -2.62. The van der Waals surface area contributed by atoms with Crippen molar-refractivity contribution in [2.45, 2.75) is 39.8 Å². The quantitative estimate of drug-likeness (QED) is 0.781. The Morgan fingerprint density at radius 3 is 2.52 bits per heavy atom. The molecule has 2 aliphatic rings. The maximum atomic E-state index is 12.8. The molecule has 1 aromatic rings. The van der Waals surface area contributed by atoms with E-state index >= 15 is 0 Å². The molecule has 27 heavy (non-hydrogen) atoms. The van der Waals surface area contributed by atoms with E-state index in [-0.39, 0.29) is 17.9 Å². The number of carbonyl (C=O) groups excluding carboxylic acids is 2. The number of hydrogen-bond donors (Lipinski definition) is 2. The highest BCUT2D eigenvalue weighted by Crippen LogP contribution is 2.22. The summed E-state index contributed by atoms with van der Waals surface area (Å²) < 4.78 is 1.60. The number of aryl methyl sites for hydroxylation is 1. The summed E-state index contributed by atoms with van der Waals surface area (Å²) in [6.07, 6.45) is 1.22. The molecule has 0 radical (unpaired) electrons. The third-order valence-electron chi connectivity index (χ3n) is 5.40. The number of amides is 3. The number of carboxylic acid groups (broad SMARTS) is 1. The van der Waals surface area contributed by atoms with Crippen LogP contribution in [0.1, 0.15) is 31.8 Å². The zero-order valence-electron chi connectivity index (χ0n) is 15.9. The maximum absolute atomic E-state index is 12.8. The van der Waals surface area contributed by atoms with E-state index in [9.17, 15) is 14.4 Å². The molecule has 1 fully saturated rings. The number of nitrogens with zero attached hydrogens (tertiary/aromatic N) is 5. The van der Waals surface area contributed by atoms with Crippen LogP contribution < -0.4 is 5.32 Å². The highest BCUT2D eigenvalue weighted by molar-refractivity contribution is 5.85. The molecule has 0 bridgehead atoms. The van der Waals surface area contributed by atoms with Crippen molar-refractivity contribution in [3.8, 4) is 0 Å². The lowest BCUT2D eigenvalue weighted by Crippen LogP contribution is -2.59. The average Bonchev–Trinajstić information content (AvgIpc) is 3.18. The Kier molecular flexibility index (Phi) is 5.36. The third kappa shape index (κ3) is 3.61. The van der Waals surface area contributed by atoms with Crippen LogP contribution in [0.15, 0.2) is 6.20 Å². The molecule has 3 rings (SSSR count). The summed E-state index contributed by atoms with van der Waals surface area (Å²) in [6.45, 7) is 8.01. The molecule has 3 heterocycles. The maximum Gasteiger partial charge on any atom is 0.405 e. The average molecular weight is 378 g/mol. The summed E-state index contributed by atoms with van der Waals surface area (Å²) in [7, 11) is 0. The number of fused-ring (bicyclic) bond motifs is 1. The number of piperazine rings is 1. The molecular weight excluding hydrogens is 352 g/mol. The molecule has 1 saturated heterocycles. The molecule has 2 aliphatic heterocycles. The van der Waals surface area contributed by atoms with E-state index in [1.165, 1.54) is 0 Å². The van der Waals surface area contributed by atoms with E-state index in [1.807, 2.05) is 18.9 Å². The van der Waals surface area contributed by atoms with Crippen molar-refractivity contribution in [3.63, 3.8) is 0 Å². The summed E-state index contributed by atoms with van der Waals surface area (Å²) in [5.74, 6) is 0.376. The van der Waals surface area contributed by atoms with Crippen molar-refractivity contribution in [1.29, 1.82) is 0 Å². The van der Waals surface area contributed by atoms with Gasteiger partial charge in [-0.1, -0.05) is 20.3 Å². The Morgan fingerprint density at radius 1 is 1.30 bits per heavy atom. The fourth-order valence-electron chi connectivity index (χ4n) is 3.59. The Morgan fingerprint density at radius 2 is 1.96 bits per heavy atom. The number of aromatic nitrogens is 2. The molecule has 148 valence electrons. The number of carbonyl (C=O) groups is 3. The van der Waals surface area contributed by atoms with Gasteiger partial charge in [0.05, 0.1) is 18.4 Å². The lowest BCUT2D eigenvalue weighted by atomic mass is 9.97. The van der Waals surface area contributed by atoms with Crippen LogP contribution in [-0.4, -0.2) is 79.8 Å². The highest BCUT2D eigenvalue weighted by atomic mass is 16.4. The fraction of sp³-hybridized carbons (Fsp3) is 0.647. The van der Waals surface area contributed by atoms with Gasteiger partial charge in [0, 0.05) is 26.2 Å². The van der Waals surface area contributed by atoms with Crippen molar-refractivity contribution in [1.82, 2.24) is 29.8 Å². The van der Waals surface area contributed by atoms with Gasteiger partial charge in [-0.05, 0) is 12.8 Å². The molecule has 0 aliphatic carbocycles. The van der Waals surface area contributed by atoms with Gasteiger partial charge in [0.15, 0.2) is 0 Å². The lowest BCUT2D eigenvalue weighted by Gasteiger charge is -2.40. The van der Waals surface area contributed by atoms with Gasteiger partial charge in [0.2, 0.25) is 5.91 Å². The lowest BCUT2D eigenvalue weighted by molar-refractivity contribution is -0.138. The van der Waals surface area contributed by atoms with Gasteiger partial charge in [-0.25, -0.2) is 24.1 Å². The molecule has 10 heteroatoms. The number of hydrogen-bond acceptors (Lipinski definition) is 5. The highest BCUT2D eigenvalue weighted by Gasteiger charge is 2.37. The standard InChI is InChI=1S/C17H26N6O4/c1-4-11(2)14(19-16(25)26)15(24)20-5-7-21(8-6-20)22-10-13-9-18-12(3)23(13)17(22)27/h9,11,14,19H,4-8,10H2,1-3H3,(H,25,26)/t11-,14+/m0/s1. The van der Waals surface area contributed by atoms with Crippen LogP contribution in [0.2, 0.25) is 0 Å². The van der Waals surface area contributed by atoms with Gasteiger partial charge in [0.1, 0.15) is 11.9 Å². The minimum Gasteiger partial charge on any atom is -0.465 e. The smallest absolute Gasteiger partial charge is 0.405 e. The van der Waals surface area contributed by atoms with Crippen LogP contribution in [0.4, 0.5) is 9.59 Å². The molecular formula is C17H26N6O4. The predicted octanol–water partition coefficient (Wildman–Crippen LogP) is 0.717. The van der Waals surface area contributed by atoms with E-state index in [1.54, 1.807) is 27.6 Å². The first kappa shape index (κ1) is 19.2. The minimum atomic E-state index is -1.19. The zero-order chi connectivity index (χ0) is 19.7. The summed E-state index contributed by atoms with van der Waals surface area (Å²) in [4.78, 5) is 42.3. The van der Waals surface area contributed by atoms with Crippen LogP contribution >= 0.6 is 0 Å². The monoisotopic (exact) mass is 378 g/mol. The summed E-state index contributed by atoms with van der Waals surface area (Å²) in [5.41, 5.74) is 0.860. The molecule has 0 spiro atoms. The van der Waals surface area contributed by atoms with E-state index in [0.29, 0.717) is 45.0 Å². The van der Waals surface area contributed by atoms with Gasteiger partial charge in [-0.2, -0.15) is 0 Å². The van der Waals surface area contributed by atoms with Crippen molar-refractivity contribution >= 4 is 18.0 Å². The normalized spacial score (nSPS) is 19.7. The Labute approximate surface area is 157 Å². The first-order valence-corrected chi connectivity index (χ1v) is 9.21. The van der Waals surface area contributed by atoms with Crippen molar-refractivity contribution in [2.75, 3.05) is 26.2 Å². The van der Waals surface area contributed by atoms with Crippen LogP contribution in [0.25, 0.3) is 0 Å². The largest absolute Gasteiger partial charge is 0.465 e. The van der Waals surface area contributed by atoms with E-state index in [0.717, 1.165) is 5.69 Å². The van der Waals surface area contributed by atoms with Crippen LogP contribution in [0.5, 0.6) is 0 Å². The van der Waals surface area contributed by atoms with E-state index in [2.05, 4.69) is 10.3 Å². The number of rotatable bonds is 5. The predicted molar refractivity (Wildman–Crippen MR) is 95.9 cm³/mol. The number of hydrazine groups is 1. The number of imidazole rings is 1. The first-order chi connectivity index (χ1) is 12.8. The Balaban J connectivity index is 1.61.